The van der Waals surface area contributed by atoms with Crippen LogP contribution in [-0.2, 0) is 9.59 Å². The third-order valence-electron chi connectivity index (χ3n) is 2.92. The normalized spacial score (nSPS) is 19.4. The predicted octanol–water partition coefficient (Wildman–Crippen LogP) is 0.509. The van der Waals surface area contributed by atoms with E-state index in [0.717, 1.165) is 5.75 Å². The van der Waals surface area contributed by atoms with Gasteiger partial charge in [0, 0.05) is 25.2 Å². The molecule has 8 heteroatoms. The van der Waals surface area contributed by atoms with Crippen LogP contribution in [0.15, 0.2) is 36.4 Å². The number of aliphatic hydroxyl groups excluding tert-OH is 1. The summed E-state index contributed by atoms with van der Waals surface area (Å²) in [5.74, 6) is -1.10. The van der Waals surface area contributed by atoms with Gasteiger partial charge in [-0.2, -0.15) is 0 Å². The van der Waals surface area contributed by atoms with Crippen LogP contribution in [0, 0.1) is 0 Å². The lowest BCUT2D eigenvalue weighted by atomic mass is 10.2. The fourth-order valence-electron chi connectivity index (χ4n) is 1.89. The van der Waals surface area contributed by atoms with Gasteiger partial charge in [-0.15, -0.1) is 0 Å². The van der Waals surface area contributed by atoms with Crippen LogP contribution in [0.5, 0.6) is 11.5 Å². The number of carboxylic acid groups (broad SMARTS) is 2. The van der Waals surface area contributed by atoms with Crippen molar-refractivity contribution in [2.45, 2.75) is 19.1 Å². The van der Waals surface area contributed by atoms with E-state index in [2.05, 4.69) is 5.32 Å². The molecular weight excluding hydrogens is 318 g/mol. The van der Waals surface area contributed by atoms with E-state index in [-0.39, 0.29) is 6.10 Å². The molecule has 8 nitrogen and oxygen atoms in total. The number of nitrogens with one attached hydrogen (secondary N) is 1. The number of β-amino-alcohol motifs (C(OH)–C–C–N with tert-alkyl or cyclic N) is 1. The Morgan fingerprint density at radius 1 is 1.17 bits per heavy atom. The summed E-state index contributed by atoms with van der Waals surface area (Å²) in [6, 6.07) is 7.53. The maximum Gasteiger partial charge on any atom is 0.328 e. The van der Waals surface area contributed by atoms with Crippen molar-refractivity contribution in [2.75, 3.05) is 19.7 Å². The number of aliphatic hydroxyl groups is 1. The molecule has 2 unspecified atom stereocenters. The molecule has 1 aromatic carbocycles. The summed E-state index contributed by atoms with van der Waals surface area (Å²) in [4.78, 5) is 19.1. The Balaban J connectivity index is 0.000000307. The quantitative estimate of drug-likeness (QED) is 0.552. The topological polar surface area (TPSA) is 125 Å². The second-order valence-electron chi connectivity index (χ2n) is 4.77. The Kier molecular flexibility index (Phi) is 8.31. The second-order valence-corrected chi connectivity index (χ2v) is 4.77. The van der Waals surface area contributed by atoms with E-state index in [9.17, 15) is 14.7 Å². The van der Waals surface area contributed by atoms with E-state index in [1.165, 1.54) is 0 Å². The molecule has 0 spiro atoms. The molecule has 0 aromatic heterocycles. The largest absolute Gasteiger partial charge is 0.490 e. The third kappa shape index (κ3) is 7.12. The van der Waals surface area contributed by atoms with E-state index >= 15 is 0 Å². The van der Waals surface area contributed by atoms with Crippen molar-refractivity contribution in [2.24, 2.45) is 0 Å². The molecule has 2 atom stereocenters. The molecule has 0 saturated carbocycles. The minimum Gasteiger partial charge on any atom is -0.490 e. The van der Waals surface area contributed by atoms with Crippen LogP contribution in [0.3, 0.4) is 0 Å². The van der Waals surface area contributed by atoms with Gasteiger partial charge in [0.25, 0.3) is 0 Å². The Hall–Kier alpha value is -2.58. The fraction of sp³-hybridized carbons (Fsp3) is 0.375. The smallest absolute Gasteiger partial charge is 0.328 e. The monoisotopic (exact) mass is 339 g/mol. The van der Waals surface area contributed by atoms with Crippen molar-refractivity contribution in [3.8, 4) is 11.5 Å². The van der Waals surface area contributed by atoms with Gasteiger partial charge in [0.1, 0.15) is 12.2 Å². The summed E-state index contributed by atoms with van der Waals surface area (Å²) in [6.07, 6.45) is 0.473. The van der Waals surface area contributed by atoms with Crippen molar-refractivity contribution < 1.29 is 34.4 Å². The number of para-hydroxylation sites is 2. The standard InChI is InChI=1S/C12H17NO3.C4H4O4/c1-2-15-10-5-3-4-6-11(10)16-12-8-13-7-9(12)14;5-3(6)1-2-4(7)8/h3-6,9,12-14H,2,7-8H2,1H3;1-2H,(H,5,6)(H,7,8). The van der Waals surface area contributed by atoms with E-state index in [4.69, 9.17) is 19.7 Å². The van der Waals surface area contributed by atoms with Gasteiger partial charge in [-0.1, -0.05) is 12.1 Å². The highest BCUT2D eigenvalue weighted by Crippen LogP contribution is 2.28. The van der Waals surface area contributed by atoms with E-state index in [1.807, 2.05) is 31.2 Å². The first-order valence-electron chi connectivity index (χ1n) is 7.35. The lowest BCUT2D eigenvalue weighted by Gasteiger charge is -2.18. The highest BCUT2D eigenvalue weighted by atomic mass is 16.5. The molecule has 1 aliphatic rings. The number of rotatable bonds is 6. The van der Waals surface area contributed by atoms with Crippen LogP contribution in [0.4, 0.5) is 0 Å². The molecular formula is C16H21NO7. The second kappa shape index (κ2) is 10.2. The van der Waals surface area contributed by atoms with Gasteiger partial charge < -0.3 is 30.1 Å². The number of ether oxygens (including phenoxy) is 2. The van der Waals surface area contributed by atoms with Crippen LogP contribution in [0.1, 0.15) is 6.92 Å². The minimum atomic E-state index is -1.26. The number of hydrogen-bond donors (Lipinski definition) is 4. The number of benzene rings is 1. The summed E-state index contributed by atoms with van der Waals surface area (Å²) < 4.78 is 11.2. The van der Waals surface area contributed by atoms with Crippen molar-refractivity contribution in [3.63, 3.8) is 0 Å². The van der Waals surface area contributed by atoms with Gasteiger partial charge >= 0.3 is 11.9 Å². The summed E-state index contributed by atoms with van der Waals surface area (Å²) in [5.41, 5.74) is 0. The zero-order valence-electron chi connectivity index (χ0n) is 13.2. The van der Waals surface area contributed by atoms with Gasteiger partial charge in [-0.05, 0) is 19.1 Å². The lowest BCUT2D eigenvalue weighted by molar-refractivity contribution is -0.134. The first-order chi connectivity index (χ1) is 11.4. The van der Waals surface area contributed by atoms with E-state index in [1.54, 1.807) is 0 Å². The minimum absolute atomic E-state index is 0.193. The van der Waals surface area contributed by atoms with Gasteiger partial charge in [0.15, 0.2) is 11.5 Å². The molecule has 0 amide bonds. The average Bonchev–Trinajstić information content (AvgIpc) is 2.93. The number of aliphatic carboxylic acids is 2. The lowest BCUT2D eigenvalue weighted by Crippen LogP contribution is -2.29. The number of carboxylic acids is 2. The molecule has 4 N–H and O–H groups in total. The molecule has 1 aromatic rings. The zero-order chi connectivity index (χ0) is 17.9. The van der Waals surface area contributed by atoms with Crippen LogP contribution in [0.25, 0.3) is 0 Å². The molecule has 1 saturated heterocycles. The fourth-order valence-corrected chi connectivity index (χ4v) is 1.89. The first kappa shape index (κ1) is 19.5. The predicted molar refractivity (Wildman–Crippen MR) is 85.3 cm³/mol. The van der Waals surface area contributed by atoms with Crippen molar-refractivity contribution in [3.05, 3.63) is 36.4 Å². The summed E-state index contributed by atoms with van der Waals surface area (Å²) >= 11 is 0. The molecule has 1 aliphatic heterocycles. The highest BCUT2D eigenvalue weighted by Gasteiger charge is 2.27. The van der Waals surface area contributed by atoms with Crippen LogP contribution < -0.4 is 14.8 Å². The Morgan fingerprint density at radius 2 is 1.75 bits per heavy atom. The van der Waals surface area contributed by atoms with Crippen molar-refractivity contribution in [1.29, 1.82) is 0 Å². The Labute approximate surface area is 139 Å². The highest BCUT2D eigenvalue weighted by molar-refractivity contribution is 5.89. The molecule has 24 heavy (non-hydrogen) atoms. The van der Waals surface area contributed by atoms with Crippen molar-refractivity contribution in [1.82, 2.24) is 5.32 Å². The van der Waals surface area contributed by atoms with Gasteiger partial charge in [-0.3, -0.25) is 0 Å². The Bertz CT molecular complexity index is 557. The summed E-state index contributed by atoms with van der Waals surface area (Å²) in [7, 11) is 0. The zero-order valence-corrected chi connectivity index (χ0v) is 13.2. The van der Waals surface area contributed by atoms with Crippen LogP contribution >= 0.6 is 0 Å². The van der Waals surface area contributed by atoms with E-state index < -0.39 is 18.0 Å². The van der Waals surface area contributed by atoms with Crippen molar-refractivity contribution >= 4 is 11.9 Å². The van der Waals surface area contributed by atoms with E-state index in [0.29, 0.717) is 37.6 Å². The molecule has 0 bridgehead atoms. The molecule has 0 aliphatic carbocycles. The number of hydrogen-bond acceptors (Lipinski definition) is 6. The Morgan fingerprint density at radius 3 is 2.21 bits per heavy atom. The molecule has 1 fully saturated rings. The maximum atomic E-state index is 9.64. The SMILES string of the molecule is CCOc1ccccc1OC1CNCC1O.O=C(O)C=CC(=O)O. The molecule has 1 heterocycles. The maximum absolute atomic E-state index is 9.64. The average molecular weight is 339 g/mol. The molecule has 0 radical (unpaired) electrons. The third-order valence-corrected chi connectivity index (χ3v) is 2.92. The molecule has 2 rings (SSSR count). The summed E-state index contributed by atoms with van der Waals surface area (Å²) in [5, 5.41) is 28.3. The van der Waals surface area contributed by atoms with Crippen LogP contribution in [-0.4, -0.2) is 59.2 Å². The number of carbonyl (C=O) groups is 2. The van der Waals surface area contributed by atoms with Gasteiger partial charge in [-0.25, -0.2) is 9.59 Å². The molecule has 132 valence electrons. The summed E-state index contributed by atoms with van der Waals surface area (Å²) in [6.45, 7) is 3.79. The van der Waals surface area contributed by atoms with Gasteiger partial charge in [0.2, 0.25) is 0 Å². The van der Waals surface area contributed by atoms with Crippen LogP contribution in [0.2, 0.25) is 0 Å². The van der Waals surface area contributed by atoms with Gasteiger partial charge in [0.05, 0.1) is 6.61 Å². The first-order valence-corrected chi connectivity index (χ1v) is 7.35.